The molecule has 0 spiro atoms. The highest BCUT2D eigenvalue weighted by atomic mass is 35.5. The molecule has 1 amide bonds. The minimum atomic E-state index is -0.500. The van der Waals surface area contributed by atoms with Crippen molar-refractivity contribution in [2.45, 2.75) is 70.8 Å². The summed E-state index contributed by atoms with van der Waals surface area (Å²) >= 11 is 6.32. The van der Waals surface area contributed by atoms with Gasteiger partial charge in [-0.3, -0.25) is 4.99 Å². The fourth-order valence-electron chi connectivity index (χ4n) is 4.57. The number of ether oxygens (including phenoxy) is 1. The number of hydrogen-bond donors (Lipinski definition) is 0. The second-order valence-corrected chi connectivity index (χ2v) is 10.3. The van der Waals surface area contributed by atoms with Crippen LogP contribution in [0.3, 0.4) is 0 Å². The van der Waals surface area contributed by atoms with E-state index in [0.717, 1.165) is 24.3 Å². The Balaban J connectivity index is 1.65. The number of halogens is 1. The van der Waals surface area contributed by atoms with E-state index in [2.05, 4.69) is 12.1 Å². The molecule has 1 saturated heterocycles. The zero-order valence-electron chi connectivity index (χ0n) is 18.4. The van der Waals surface area contributed by atoms with Crippen molar-refractivity contribution in [3.63, 3.8) is 0 Å². The number of hydrogen-bond acceptors (Lipinski definition) is 3. The van der Waals surface area contributed by atoms with E-state index in [9.17, 15) is 4.79 Å². The zero-order chi connectivity index (χ0) is 21.3. The highest BCUT2D eigenvalue weighted by molar-refractivity contribution is 6.30. The van der Waals surface area contributed by atoms with Gasteiger partial charge in [-0.05, 0) is 77.0 Å². The number of rotatable bonds is 3. The lowest BCUT2D eigenvalue weighted by Gasteiger charge is -2.24. The Kier molecular flexibility index (Phi) is 6.24. The van der Waals surface area contributed by atoms with Gasteiger partial charge in [0.1, 0.15) is 5.60 Å². The van der Waals surface area contributed by atoms with Crippen molar-refractivity contribution in [2.24, 2.45) is 16.8 Å². The van der Waals surface area contributed by atoms with Crippen molar-refractivity contribution in [1.29, 1.82) is 0 Å². The average Bonchev–Trinajstić information content (AvgIpc) is 3.38. The maximum atomic E-state index is 12.9. The second kappa shape index (κ2) is 8.74. The minimum Gasteiger partial charge on any atom is -0.444 e. The lowest BCUT2D eigenvalue weighted by molar-refractivity contribution is 0.0290. The van der Waals surface area contributed by atoms with Crippen molar-refractivity contribution in [1.82, 2.24) is 4.90 Å². The molecule has 2 heterocycles. The minimum absolute atomic E-state index is 0.190. The summed E-state index contributed by atoms with van der Waals surface area (Å²) in [6.07, 6.45) is 9.14. The van der Waals surface area contributed by atoms with Crippen LogP contribution in [0.4, 0.5) is 4.79 Å². The van der Waals surface area contributed by atoms with Crippen LogP contribution >= 0.6 is 11.6 Å². The molecule has 2 atom stereocenters. The van der Waals surface area contributed by atoms with Crippen molar-refractivity contribution in [3.8, 4) is 0 Å². The third-order valence-corrected chi connectivity index (χ3v) is 6.42. The molecule has 1 aliphatic carbocycles. The Hall–Kier alpha value is -1.81. The molecule has 0 N–H and O–H groups in total. The van der Waals surface area contributed by atoms with Crippen molar-refractivity contribution in [2.75, 3.05) is 13.1 Å². The highest BCUT2D eigenvalue weighted by Crippen LogP contribution is 2.41. The van der Waals surface area contributed by atoms with Crippen LogP contribution in [0.5, 0.6) is 0 Å². The smallest absolute Gasteiger partial charge is 0.410 e. The standard InChI is InChI=1S/C25H33ClN2O2/c1-25(2,3)30-24(29)28-15-20(18-8-7-9-19(26)14-18)21(16-28)23-11-6-4-5-10-22(27-23)17-12-13-17/h7-10,14,17,20-21H,4-6,11-13,15-16H2,1-3H3/b22-10-,27-23+. The van der Waals surface area contributed by atoms with Crippen LogP contribution in [0.15, 0.2) is 41.0 Å². The lowest BCUT2D eigenvalue weighted by atomic mass is 9.83. The molecule has 1 aromatic rings. The predicted molar refractivity (Wildman–Crippen MR) is 122 cm³/mol. The summed E-state index contributed by atoms with van der Waals surface area (Å²) in [5.74, 6) is 1.04. The SMILES string of the molecule is CC(C)(C)OC(=O)N1CC(/C2=N/C(C3CC3)=C\CCCC2)C(c2cccc(Cl)c2)C1. The number of likely N-dealkylation sites (tertiary alicyclic amines) is 1. The summed E-state index contributed by atoms with van der Waals surface area (Å²) in [5, 5.41) is 0.736. The van der Waals surface area contributed by atoms with Gasteiger partial charge in [0, 0.05) is 47.3 Å². The number of benzene rings is 1. The Morgan fingerprint density at radius 3 is 2.63 bits per heavy atom. The normalized spacial score (nSPS) is 28.7. The number of aliphatic imine (C=N–C) groups is 1. The van der Waals surface area contributed by atoms with E-state index in [4.69, 9.17) is 21.3 Å². The molecule has 162 valence electrons. The fraction of sp³-hybridized carbons (Fsp3) is 0.600. The van der Waals surface area contributed by atoms with E-state index in [0.29, 0.717) is 19.0 Å². The summed E-state index contributed by atoms with van der Waals surface area (Å²) in [6.45, 7) is 7.04. The molecule has 0 aromatic heterocycles. The molecule has 5 heteroatoms. The molecule has 4 nitrogen and oxygen atoms in total. The van der Waals surface area contributed by atoms with Crippen molar-refractivity contribution < 1.29 is 9.53 Å². The number of carbonyl (C=O) groups is 1. The monoisotopic (exact) mass is 428 g/mol. The fourth-order valence-corrected chi connectivity index (χ4v) is 4.76. The summed E-state index contributed by atoms with van der Waals surface area (Å²) in [4.78, 5) is 19.9. The van der Waals surface area contributed by atoms with E-state index in [1.165, 1.54) is 36.2 Å². The van der Waals surface area contributed by atoms with Crippen LogP contribution < -0.4 is 0 Å². The summed E-state index contributed by atoms with van der Waals surface area (Å²) in [5.41, 5.74) is 3.22. The van der Waals surface area contributed by atoms with Crippen LogP contribution in [0, 0.1) is 11.8 Å². The summed E-state index contributed by atoms with van der Waals surface area (Å²) in [6, 6.07) is 8.07. The maximum Gasteiger partial charge on any atom is 0.410 e. The molecule has 1 saturated carbocycles. The van der Waals surface area contributed by atoms with Gasteiger partial charge in [0.25, 0.3) is 0 Å². The quantitative estimate of drug-likeness (QED) is 0.544. The number of allylic oxidation sites excluding steroid dienone is 2. The van der Waals surface area contributed by atoms with Gasteiger partial charge >= 0.3 is 6.09 Å². The van der Waals surface area contributed by atoms with Crippen LogP contribution in [0.1, 0.15) is 70.8 Å². The van der Waals surface area contributed by atoms with Crippen molar-refractivity contribution >= 4 is 23.4 Å². The molecular weight excluding hydrogens is 396 g/mol. The van der Waals surface area contributed by atoms with Crippen LogP contribution in [-0.2, 0) is 4.74 Å². The molecule has 4 rings (SSSR count). The molecule has 1 aromatic carbocycles. The largest absolute Gasteiger partial charge is 0.444 e. The Morgan fingerprint density at radius 1 is 1.17 bits per heavy atom. The first-order valence-corrected chi connectivity index (χ1v) is 11.7. The molecule has 2 aliphatic heterocycles. The highest BCUT2D eigenvalue weighted by Gasteiger charge is 2.41. The molecule has 30 heavy (non-hydrogen) atoms. The van der Waals surface area contributed by atoms with Crippen molar-refractivity contribution in [3.05, 3.63) is 46.6 Å². The van der Waals surface area contributed by atoms with Gasteiger partial charge in [-0.15, -0.1) is 0 Å². The molecule has 3 aliphatic rings. The first-order valence-electron chi connectivity index (χ1n) is 11.3. The average molecular weight is 429 g/mol. The second-order valence-electron chi connectivity index (χ2n) is 9.91. The molecule has 2 fully saturated rings. The Morgan fingerprint density at radius 2 is 1.93 bits per heavy atom. The van der Waals surface area contributed by atoms with Gasteiger partial charge in [-0.1, -0.05) is 29.8 Å². The summed E-state index contributed by atoms with van der Waals surface area (Å²) < 4.78 is 5.69. The number of nitrogens with zero attached hydrogens (tertiary/aromatic N) is 2. The Bertz CT molecular complexity index is 851. The third-order valence-electron chi connectivity index (χ3n) is 6.19. The molecule has 0 bridgehead atoms. The lowest BCUT2D eigenvalue weighted by Crippen LogP contribution is -2.36. The van der Waals surface area contributed by atoms with Gasteiger partial charge < -0.3 is 9.64 Å². The summed E-state index contributed by atoms with van der Waals surface area (Å²) in [7, 11) is 0. The topological polar surface area (TPSA) is 41.9 Å². The van der Waals surface area contributed by atoms with Crippen LogP contribution in [0.2, 0.25) is 5.02 Å². The van der Waals surface area contributed by atoms with Gasteiger partial charge in [0.15, 0.2) is 0 Å². The molecule has 2 unspecified atom stereocenters. The number of carbonyl (C=O) groups excluding carboxylic acids is 1. The van der Waals surface area contributed by atoms with E-state index in [1.54, 1.807) is 0 Å². The predicted octanol–water partition coefficient (Wildman–Crippen LogP) is 6.60. The van der Waals surface area contributed by atoms with E-state index in [1.807, 2.05) is 43.9 Å². The first kappa shape index (κ1) is 21.4. The number of amides is 1. The Labute approximate surface area is 185 Å². The first-order chi connectivity index (χ1) is 14.3. The van der Waals surface area contributed by atoms with Gasteiger partial charge in [0.05, 0.1) is 0 Å². The molecular formula is C25H33ClN2O2. The van der Waals surface area contributed by atoms with Crippen LogP contribution in [0.25, 0.3) is 0 Å². The zero-order valence-corrected chi connectivity index (χ0v) is 19.1. The van der Waals surface area contributed by atoms with E-state index in [-0.39, 0.29) is 17.9 Å². The van der Waals surface area contributed by atoms with Gasteiger partial charge in [0.2, 0.25) is 0 Å². The van der Waals surface area contributed by atoms with Crippen LogP contribution in [-0.4, -0.2) is 35.4 Å². The van der Waals surface area contributed by atoms with Gasteiger partial charge in [-0.25, -0.2) is 4.79 Å². The van der Waals surface area contributed by atoms with E-state index < -0.39 is 5.60 Å². The van der Waals surface area contributed by atoms with Gasteiger partial charge in [-0.2, -0.15) is 0 Å². The maximum absolute atomic E-state index is 12.9. The van der Waals surface area contributed by atoms with E-state index >= 15 is 0 Å². The third kappa shape index (κ3) is 5.26. The molecule has 0 radical (unpaired) electrons.